The highest BCUT2D eigenvalue weighted by Gasteiger charge is 2.27. The van der Waals surface area contributed by atoms with E-state index >= 15 is 0 Å². The van der Waals surface area contributed by atoms with Crippen molar-refractivity contribution in [2.75, 3.05) is 25.2 Å². The molecule has 17 heavy (non-hydrogen) atoms. The van der Waals surface area contributed by atoms with Crippen LogP contribution in [0.25, 0.3) is 0 Å². The number of aromatic amines is 1. The molecule has 1 saturated heterocycles. The van der Waals surface area contributed by atoms with Crippen LogP contribution in [0.3, 0.4) is 0 Å². The second-order valence-corrected chi connectivity index (χ2v) is 4.56. The number of piperidine rings is 1. The lowest BCUT2D eigenvalue weighted by atomic mass is 9.99. The molecule has 0 aromatic carbocycles. The smallest absolute Gasteiger partial charge is 0.244 e. The van der Waals surface area contributed by atoms with Crippen LogP contribution in [0.15, 0.2) is 0 Å². The Balaban J connectivity index is 2.03. The quantitative estimate of drug-likeness (QED) is 0.790. The van der Waals surface area contributed by atoms with E-state index < -0.39 is 0 Å². The van der Waals surface area contributed by atoms with E-state index in [1.165, 1.54) is 0 Å². The number of H-pyrrole nitrogens is 1. The van der Waals surface area contributed by atoms with Crippen LogP contribution in [0, 0.1) is 0 Å². The van der Waals surface area contributed by atoms with Gasteiger partial charge in [0.1, 0.15) is 5.82 Å². The average molecular weight is 239 g/mol. The van der Waals surface area contributed by atoms with Gasteiger partial charge in [0.05, 0.1) is 6.61 Å². The van der Waals surface area contributed by atoms with E-state index in [1.54, 1.807) is 7.11 Å². The molecule has 2 heterocycles. The van der Waals surface area contributed by atoms with E-state index in [0.717, 1.165) is 37.6 Å². The van der Waals surface area contributed by atoms with Crippen LogP contribution in [0.5, 0.6) is 0 Å². The Morgan fingerprint density at radius 3 is 3.18 bits per heavy atom. The van der Waals surface area contributed by atoms with Gasteiger partial charge in [-0.2, -0.15) is 4.98 Å². The van der Waals surface area contributed by atoms with Crippen molar-refractivity contribution in [3.63, 3.8) is 0 Å². The van der Waals surface area contributed by atoms with Gasteiger partial charge in [-0.3, -0.25) is 5.10 Å². The fourth-order valence-corrected chi connectivity index (χ4v) is 2.18. The summed E-state index contributed by atoms with van der Waals surface area (Å²) < 4.78 is 5.02. The van der Waals surface area contributed by atoms with Gasteiger partial charge in [0.25, 0.3) is 0 Å². The Morgan fingerprint density at radius 1 is 1.59 bits per heavy atom. The minimum absolute atomic E-state index is 0.213. The highest BCUT2D eigenvalue weighted by molar-refractivity contribution is 5.32. The third-order valence-corrected chi connectivity index (χ3v) is 3.37. The van der Waals surface area contributed by atoms with Gasteiger partial charge in [-0.25, -0.2) is 0 Å². The minimum Gasteiger partial charge on any atom is -0.384 e. The van der Waals surface area contributed by atoms with Crippen molar-refractivity contribution in [2.24, 2.45) is 5.73 Å². The molecular weight excluding hydrogens is 218 g/mol. The minimum atomic E-state index is 0.213. The van der Waals surface area contributed by atoms with Crippen LogP contribution < -0.4 is 10.6 Å². The molecule has 0 aliphatic carbocycles. The molecule has 0 radical (unpaired) electrons. The number of hydrogen-bond donors (Lipinski definition) is 2. The van der Waals surface area contributed by atoms with Gasteiger partial charge in [0.2, 0.25) is 5.95 Å². The fraction of sp³-hybridized carbons (Fsp3) is 0.818. The molecule has 1 aliphatic heterocycles. The van der Waals surface area contributed by atoms with Gasteiger partial charge < -0.3 is 15.4 Å². The lowest BCUT2D eigenvalue weighted by molar-refractivity contribution is 0.200. The first kappa shape index (κ1) is 12.3. The molecular formula is C11H21N5O. The van der Waals surface area contributed by atoms with Crippen molar-refractivity contribution in [1.29, 1.82) is 0 Å². The lowest BCUT2D eigenvalue weighted by Crippen LogP contribution is -2.51. The zero-order chi connectivity index (χ0) is 12.3. The van der Waals surface area contributed by atoms with Crippen molar-refractivity contribution >= 4 is 5.95 Å². The normalized spacial score (nSPS) is 25.2. The van der Waals surface area contributed by atoms with Gasteiger partial charge in [-0.15, -0.1) is 5.10 Å². The van der Waals surface area contributed by atoms with Crippen molar-refractivity contribution in [3.05, 3.63) is 5.82 Å². The molecule has 1 fully saturated rings. The molecule has 2 unspecified atom stereocenters. The largest absolute Gasteiger partial charge is 0.384 e. The van der Waals surface area contributed by atoms with Gasteiger partial charge >= 0.3 is 0 Å². The van der Waals surface area contributed by atoms with Crippen LogP contribution in [0.2, 0.25) is 0 Å². The fourth-order valence-electron chi connectivity index (χ4n) is 2.18. The summed E-state index contributed by atoms with van der Waals surface area (Å²) in [6.07, 6.45) is 2.95. The van der Waals surface area contributed by atoms with E-state index in [1.807, 2.05) is 0 Å². The number of ether oxygens (including phenoxy) is 1. The van der Waals surface area contributed by atoms with E-state index in [4.69, 9.17) is 10.5 Å². The molecule has 0 saturated carbocycles. The van der Waals surface area contributed by atoms with Gasteiger partial charge in [0, 0.05) is 32.2 Å². The Morgan fingerprint density at radius 2 is 2.41 bits per heavy atom. The molecule has 6 nitrogen and oxygen atoms in total. The second kappa shape index (κ2) is 5.46. The van der Waals surface area contributed by atoms with E-state index in [-0.39, 0.29) is 6.04 Å². The Hall–Kier alpha value is -1.14. The van der Waals surface area contributed by atoms with Crippen LogP contribution >= 0.6 is 0 Å². The molecule has 2 rings (SSSR count). The molecule has 0 amide bonds. The molecule has 0 bridgehead atoms. The topological polar surface area (TPSA) is 80.1 Å². The van der Waals surface area contributed by atoms with Crippen LogP contribution in [0.1, 0.15) is 25.6 Å². The summed E-state index contributed by atoms with van der Waals surface area (Å²) in [5.74, 6) is 1.63. The van der Waals surface area contributed by atoms with Crippen molar-refractivity contribution < 1.29 is 4.74 Å². The van der Waals surface area contributed by atoms with E-state index in [0.29, 0.717) is 12.6 Å². The van der Waals surface area contributed by atoms with Gasteiger partial charge in [-0.05, 0) is 19.8 Å². The number of hydrogen-bond acceptors (Lipinski definition) is 5. The number of anilines is 1. The first-order valence-electron chi connectivity index (χ1n) is 6.15. The summed E-state index contributed by atoms with van der Waals surface area (Å²) in [6.45, 7) is 3.77. The highest BCUT2D eigenvalue weighted by atomic mass is 16.5. The summed E-state index contributed by atoms with van der Waals surface area (Å²) in [5.41, 5.74) is 6.07. The van der Waals surface area contributed by atoms with Gasteiger partial charge in [0.15, 0.2) is 0 Å². The van der Waals surface area contributed by atoms with Crippen LogP contribution in [-0.4, -0.2) is 47.5 Å². The van der Waals surface area contributed by atoms with E-state index in [2.05, 4.69) is 27.0 Å². The maximum atomic E-state index is 6.07. The molecule has 1 aromatic rings. The zero-order valence-electron chi connectivity index (χ0n) is 10.5. The number of rotatable bonds is 4. The van der Waals surface area contributed by atoms with Crippen molar-refractivity contribution in [2.45, 2.75) is 38.3 Å². The average Bonchev–Trinajstić information content (AvgIpc) is 2.78. The molecule has 1 aromatic heterocycles. The number of nitrogens with zero attached hydrogens (tertiary/aromatic N) is 3. The first-order chi connectivity index (χ1) is 8.22. The third-order valence-electron chi connectivity index (χ3n) is 3.37. The standard InChI is InChI=1S/C11H21N5O/c1-8-9(12)4-3-6-16(8)11-13-10(14-15-11)5-7-17-2/h8-9H,3-7,12H2,1-2H3,(H,13,14,15). The molecule has 3 N–H and O–H groups in total. The molecule has 0 spiro atoms. The molecule has 2 atom stereocenters. The van der Waals surface area contributed by atoms with Crippen LogP contribution in [-0.2, 0) is 11.2 Å². The zero-order valence-corrected chi connectivity index (χ0v) is 10.5. The lowest BCUT2D eigenvalue weighted by Gasteiger charge is -2.36. The monoisotopic (exact) mass is 239 g/mol. The third kappa shape index (κ3) is 2.76. The SMILES string of the molecule is COCCc1nc(N2CCCC(N)C2C)n[nH]1. The summed E-state index contributed by atoms with van der Waals surface area (Å²) in [5, 5.41) is 7.21. The predicted octanol–water partition coefficient (Wildman–Crippen LogP) is 0.310. The summed E-state index contributed by atoms with van der Waals surface area (Å²) in [7, 11) is 1.68. The van der Waals surface area contributed by atoms with E-state index in [9.17, 15) is 0 Å². The number of nitrogens with two attached hydrogens (primary N) is 1. The summed E-state index contributed by atoms with van der Waals surface area (Å²) in [6, 6.07) is 0.513. The molecule has 6 heteroatoms. The highest BCUT2D eigenvalue weighted by Crippen LogP contribution is 2.20. The molecule has 1 aliphatic rings. The number of methoxy groups -OCH3 is 1. The summed E-state index contributed by atoms with van der Waals surface area (Å²) in [4.78, 5) is 6.66. The maximum Gasteiger partial charge on any atom is 0.244 e. The molecule has 96 valence electrons. The number of aromatic nitrogens is 3. The van der Waals surface area contributed by atoms with Gasteiger partial charge in [-0.1, -0.05) is 0 Å². The first-order valence-corrected chi connectivity index (χ1v) is 6.15. The Bertz CT molecular complexity index is 353. The Labute approximate surface area is 102 Å². The second-order valence-electron chi connectivity index (χ2n) is 4.56. The summed E-state index contributed by atoms with van der Waals surface area (Å²) >= 11 is 0. The van der Waals surface area contributed by atoms with Crippen molar-refractivity contribution in [3.8, 4) is 0 Å². The van der Waals surface area contributed by atoms with Crippen molar-refractivity contribution in [1.82, 2.24) is 15.2 Å². The predicted molar refractivity (Wildman–Crippen MR) is 66.0 cm³/mol. The van der Waals surface area contributed by atoms with Crippen LogP contribution in [0.4, 0.5) is 5.95 Å². The number of nitrogens with one attached hydrogen (secondary N) is 1. The Kier molecular flexibility index (Phi) is 3.96. The maximum absolute atomic E-state index is 6.07.